The number of rotatable bonds is 9. The first-order valence-corrected chi connectivity index (χ1v) is 10.9. The predicted molar refractivity (Wildman–Crippen MR) is 117 cm³/mol. The minimum Gasteiger partial charge on any atom is -0.383 e. The largest absolute Gasteiger partial charge is 0.383 e. The van der Waals surface area contributed by atoms with Gasteiger partial charge < -0.3 is 20.3 Å². The van der Waals surface area contributed by atoms with E-state index in [1.807, 2.05) is 7.05 Å². The van der Waals surface area contributed by atoms with Crippen LogP contribution in [0.2, 0.25) is 0 Å². The van der Waals surface area contributed by atoms with E-state index in [-0.39, 0.29) is 0 Å². The Morgan fingerprint density at radius 2 is 2.15 bits per heavy atom. The Hall–Kier alpha value is -1.11. The Labute approximate surface area is 173 Å². The highest BCUT2D eigenvalue weighted by molar-refractivity contribution is 9.10. The molecule has 27 heavy (non-hydrogen) atoms. The lowest BCUT2D eigenvalue weighted by Crippen LogP contribution is -2.49. The van der Waals surface area contributed by atoms with Crippen LogP contribution in [-0.4, -0.2) is 63.8 Å². The zero-order chi connectivity index (χ0) is 19.5. The summed E-state index contributed by atoms with van der Waals surface area (Å²) in [7, 11) is 3.63. The number of methoxy groups -OCH3 is 1. The Balaban J connectivity index is 1.74. The van der Waals surface area contributed by atoms with Crippen LogP contribution in [0.3, 0.4) is 0 Å². The minimum absolute atomic E-state index is 0.500. The number of aliphatic imine (C=N–C) groups is 1. The van der Waals surface area contributed by atoms with Crippen LogP contribution >= 0.6 is 15.9 Å². The molecule has 2 N–H and O–H groups in total. The molecule has 0 amide bonds. The average molecular weight is 439 g/mol. The van der Waals surface area contributed by atoms with Gasteiger partial charge in [-0.2, -0.15) is 0 Å². The molecule has 1 unspecified atom stereocenters. The van der Waals surface area contributed by atoms with Crippen molar-refractivity contribution in [2.75, 3.05) is 46.9 Å². The van der Waals surface area contributed by atoms with E-state index in [1.54, 1.807) is 7.11 Å². The van der Waals surface area contributed by atoms with Gasteiger partial charge in [0.25, 0.3) is 0 Å². The molecule has 0 aliphatic carbocycles. The number of nitrogens with one attached hydrogen (secondary N) is 2. The van der Waals surface area contributed by atoms with Crippen LogP contribution in [0.15, 0.2) is 33.7 Å². The molecule has 2 rings (SSSR count). The van der Waals surface area contributed by atoms with Crippen LogP contribution in [0.5, 0.6) is 0 Å². The van der Waals surface area contributed by atoms with Crippen LogP contribution in [0.25, 0.3) is 0 Å². The Morgan fingerprint density at radius 1 is 1.37 bits per heavy atom. The second-order valence-corrected chi connectivity index (χ2v) is 8.23. The Morgan fingerprint density at radius 3 is 2.78 bits per heavy atom. The van der Waals surface area contributed by atoms with E-state index >= 15 is 0 Å². The molecule has 1 aliphatic heterocycles. The van der Waals surface area contributed by atoms with Gasteiger partial charge in [0.1, 0.15) is 0 Å². The molecule has 0 radical (unpaired) electrons. The zero-order valence-electron chi connectivity index (χ0n) is 17.0. The molecule has 1 atom stereocenters. The van der Waals surface area contributed by atoms with Gasteiger partial charge in [0.15, 0.2) is 5.96 Å². The van der Waals surface area contributed by atoms with Crippen LogP contribution < -0.4 is 10.6 Å². The number of ether oxygens (including phenoxy) is 1. The summed E-state index contributed by atoms with van der Waals surface area (Å²) in [4.78, 5) is 6.91. The van der Waals surface area contributed by atoms with Crippen molar-refractivity contribution in [2.45, 2.75) is 38.6 Å². The van der Waals surface area contributed by atoms with E-state index < -0.39 is 0 Å². The maximum atomic E-state index is 5.18. The summed E-state index contributed by atoms with van der Waals surface area (Å²) in [5.41, 5.74) is 1.38. The first-order valence-electron chi connectivity index (χ1n) is 10.1. The van der Waals surface area contributed by atoms with Crippen molar-refractivity contribution in [3.63, 3.8) is 0 Å². The van der Waals surface area contributed by atoms with E-state index in [0.29, 0.717) is 12.0 Å². The molecule has 6 heteroatoms. The second-order valence-electron chi connectivity index (χ2n) is 7.31. The molecule has 0 saturated carbocycles. The third-order valence-electron chi connectivity index (χ3n) is 5.31. The lowest BCUT2D eigenvalue weighted by Gasteiger charge is -2.33. The van der Waals surface area contributed by atoms with Gasteiger partial charge in [-0.25, -0.2) is 0 Å². The highest BCUT2D eigenvalue weighted by Gasteiger charge is 2.20. The van der Waals surface area contributed by atoms with Gasteiger partial charge >= 0.3 is 0 Å². The van der Waals surface area contributed by atoms with E-state index in [0.717, 1.165) is 68.9 Å². The number of halogens is 1. The van der Waals surface area contributed by atoms with Crippen molar-refractivity contribution in [1.29, 1.82) is 0 Å². The minimum atomic E-state index is 0.500. The average Bonchev–Trinajstić information content (AvgIpc) is 2.69. The van der Waals surface area contributed by atoms with Crippen LogP contribution in [-0.2, 0) is 11.2 Å². The maximum absolute atomic E-state index is 5.18. The zero-order valence-corrected chi connectivity index (χ0v) is 18.6. The topological polar surface area (TPSA) is 48.9 Å². The first-order chi connectivity index (χ1) is 13.1. The van der Waals surface area contributed by atoms with Gasteiger partial charge in [0.05, 0.1) is 6.61 Å². The van der Waals surface area contributed by atoms with Crippen molar-refractivity contribution in [1.82, 2.24) is 15.5 Å². The smallest absolute Gasteiger partial charge is 0.191 e. The van der Waals surface area contributed by atoms with E-state index in [1.165, 1.54) is 5.56 Å². The molecule has 0 bridgehead atoms. The normalized spacial score (nSPS) is 17.7. The van der Waals surface area contributed by atoms with Gasteiger partial charge in [-0.05, 0) is 42.9 Å². The Bertz CT molecular complexity index is 573. The summed E-state index contributed by atoms with van der Waals surface area (Å²) in [6, 6.07) is 9.11. The lowest BCUT2D eigenvalue weighted by atomic mass is 9.97. The predicted octanol–water partition coefficient (Wildman–Crippen LogP) is 3.29. The third kappa shape index (κ3) is 8.20. The van der Waals surface area contributed by atoms with Crippen LogP contribution in [0.1, 0.15) is 31.7 Å². The summed E-state index contributed by atoms with van der Waals surface area (Å²) in [5, 5.41) is 7.15. The molecule has 1 aliphatic rings. The molecule has 1 saturated heterocycles. The highest BCUT2D eigenvalue weighted by Crippen LogP contribution is 2.16. The molecule has 1 aromatic rings. The van der Waals surface area contributed by atoms with Gasteiger partial charge in [0, 0.05) is 50.9 Å². The van der Waals surface area contributed by atoms with Crippen LogP contribution in [0.4, 0.5) is 0 Å². The summed E-state index contributed by atoms with van der Waals surface area (Å²) < 4.78 is 6.33. The van der Waals surface area contributed by atoms with Gasteiger partial charge in [-0.15, -0.1) is 0 Å². The fourth-order valence-corrected chi connectivity index (χ4v) is 3.96. The van der Waals surface area contributed by atoms with Crippen molar-refractivity contribution in [3.05, 3.63) is 34.3 Å². The lowest BCUT2D eigenvalue weighted by molar-refractivity contribution is 0.128. The number of piperidine rings is 1. The number of likely N-dealkylation sites (tertiary alicyclic amines) is 1. The molecular weight excluding hydrogens is 404 g/mol. The highest BCUT2D eigenvalue weighted by atomic mass is 79.9. The molecular formula is C21H35BrN4O. The monoisotopic (exact) mass is 438 g/mol. The first kappa shape index (κ1) is 22.2. The number of benzene rings is 1. The van der Waals surface area contributed by atoms with Gasteiger partial charge in [-0.3, -0.25) is 4.99 Å². The molecule has 1 fully saturated rings. The number of nitrogens with zero attached hydrogens (tertiary/aromatic N) is 2. The molecule has 0 spiro atoms. The summed E-state index contributed by atoms with van der Waals surface area (Å²) in [5.74, 6) is 1.52. The summed E-state index contributed by atoms with van der Waals surface area (Å²) in [6.45, 7) is 7.30. The Kier molecular flexibility index (Phi) is 10.2. The van der Waals surface area contributed by atoms with E-state index in [9.17, 15) is 0 Å². The SMILES string of the molecule is CCC(CNC(=NC)NC1CCN(CCOC)CC1)Cc1cccc(Br)c1. The van der Waals surface area contributed by atoms with Crippen molar-refractivity contribution in [2.24, 2.45) is 10.9 Å². The maximum Gasteiger partial charge on any atom is 0.191 e. The van der Waals surface area contributed by atoms with Gasteiger partial charge in [0.2, 0.25) is 0 Å². The van der Waals surface area contributed by atoms with E-state index in [2.05, 4.69) is 67.6 Å². The molecule has 1 aromatic carbocycles. The number of hydrogen-bond acceptors (Lipinski definition) is 3. The fourth-order valence-electron chi connectivity index (χ4n) is 3.51. The second kappa shape index (κ2) is 12.4. The van der Waals surface area contributed by atoms with Crippen molar-refractivity contribution >= 4 is 21.9 Å². The van der Waals surface area contributed by atoms with Gasteiger partial charge in [-0.1, -0.05) is 41.4 Å². The van der Waals surface area contributed by atoms with Crippen molar-refractivity contribution in [3.8, 4) is 0 Å². The molecule has 0 aromatic heterocycles. The van der Waals surface area contributed by atoms with Crippen molar-refractivity contribution < 1.29 is 4.74 Å². The number of hydrogen-bond donors (Lipinski definition) is 2. The molecule has 5 nitrogen and oxygen atoms in total. The fraction of sp³-hybridized carbons (Fsp3) is 0.667. The number of guanidine groups is 1. The quantitative estimate of drug-likeness (QED) is 0.458. The standard InChI is InChI=1S/C21H35BrN4O/c1-4-17(14-18-6-5-7-19(22)15-18)16-24-21(23-2)25-20-8-10-26(11-9-20)12-13-27-3/h5-7,15,17,20H,4,8-14,16H2,1-3H3,(H2,23,24,25). The van der Waals surface area contributed by atoms with Crippen LogP contribution in [0, 0.1) is 5.92 Å². The molecule has 152 valence electrons. The third-order valence-corrected chi connectivity index (χ3v) is 5.81. The van der Waals surface area contributed by atoms with E-state index in [4.69, 9.17) is 4.74 Å². The summed E-state index contributed by atoms with van der Waals surface area (Å²) >= 11 is 3.57. The molecule has 1 heterocycles. The summed E-state index contributed by atoms with van der Waals surface area (Å²) in [6.07, 6.45) is 4.53.